The minimum absolute atomic E-state index is 0.00461. The van der Waals surface area contributed by atoms with Gasteiger partial charge < -0.3 is 0 Å². The fourth-order valence-corrected chi connectivity index (χ4v) is 2.28. The van der Waals surface area contributed by atoms with Gasteiger partial charge in [-0.2, -0.15) is 0 Å². The van der Waals surface area contributed by atoms with Gasteiger partial charge in [0, 0.05) is 5.88 Å². The van der Waals surface area contributed by atoms with E-state index in [-0.39, 0.29) is 17.3 Å². The van der Waals surface area contributed by atoms with E-state index in [1.807, 2.05) is 0 Å². The Morgan fingerprint density at radius 3 is 2.71 bits per heavy atom. The molecule has 6 heteroatoms. The molecule has 0 saturated carbocycles. The van der Waals surface area contributed by atoms with Gasteiger partial charge in [0.15, 0.2) is 0 Å². The summed E-state index contributed by atoms with van der Waals surface area (Å²) >= 11 is 5.29. The summed E-state index contributed by atoms with van der Waals surface area (Å²) < 4.78 is 37.3. The summed E-state index contributed by atoms with van der Waals surface area (Å²) in [6.45, 7) is 0. The molecule has 0 bridgehead atoms. The molecule has 0 aromatic heterocycles. The Labute approximate surface area is 86.9 Å². The van der Waals surface area contributed by atoms with Gasteiger partial charge in [-0.05, 0) is 18.2 Å². The maximum absolute atomic E-state index is 12.7. The van der Waals surface area contributed by atoms with Crippen LogP contribution in [0.3, 0.4) is 0 Å². The number of nitrogens with one attached hydrogen (secondary N) is 1. The lowest BCUT2D eigenvalue weighted by Gasteiger charge is -2.05. The van der Waals surface area contributed by atoms with Gasteiger partial charge in [-0.1, -0.05) is 6.07 Å². The molecule has 0 heterocycles. The number of hydrogen-bond donors (Lipinski definition) is 1. The molecule has 0 radical (unpaired) electrons. The van der Waals surface area contributed by atoms with E-state index in [9.17, 15) is 12.8 Å². The van der Waals surface area contributed by atoms with Crippen molar-refractivity contribution >= 4 is 27.3 Å². The minimum Gasteiger partial charge on any atom is -0.283 e. The number of sulfonamides is 1. The third-order valence-electron chi connectivity index (χ3n) is 1.44. The second kappa shape index (κ2) is 4.61. The van der Waals surface area contributed by atoms with Gasteiger partial charge in [0.25, 0.3) is 0 Å². The van der Waals surface area contributed by atoms with Crippen LogP contribution in [0.5, 0.6) is 0 Å². The maximum atomic E-state index is 12.7. The molecule has 1 aromatic carbocycles. The van der Waals surface area contributed by atoms with E-state index in [0.29, 0.717) is 0 Å². The normalized spacial score (nSPS) is 11.3. The van der Waals surface area contributed by atoms with Crippen LogP contribution in [0.1, 0.15) is 0 Å². The van der Waals surface area contributed by atoms with Crippen LogP contribution in [0.25, 0.3) is 0 Å². The molecule has 0 saturated heterocycles. The average Bonchev–Trinajstić information content (AvgIpc) is 2.02. The van der Waals surface area contributed by atoms with Gasteiger partial charge in [0.2, 0.25) is 10.0 Å². The van der Waals surface area contributed by atoms with Crippen molar-refractivity contribution in [2.24, 2.45) is 0 Å². The van der Waals surface area contributed by atoms with Crippen LogP contribution in [0.15, 0.2) is 24.3 Å². The van der Waals surface area contributed by atoms with Crippen LogP contribution < -0.4 is 4.72 Å². The first kappa shape index (κ1) is 11.3. The number of alkyl halides is 1. The predicted octanol–water partition coefficient (Wildman–Crippen LogP) is 1.81. The second-order valence-corrected chi connectivity index (χ2v) is 4.84. The van der Waals surface area contributed by atoms with Gasteiger partial charge in [0.05, 0.1) is 11.4 Å². The molecule has 1 rings (SSSR count). The van der Waals surface area contributed by atoms with Crippen molar-refractivity contribution in [1.82, 2.24) is 0 Å². The number of rotatable bonds is 4. The highest BCUT2D eigenvalue weighted by atomic mass is 35.5. The highest BCUT2D eigenvalue weighted by Gasteiger charge is 2.08. The summed E-state index contributed by atoms with van der Waals surface area (Å²) in [7, 11) is -3.45. The molecule has 78 valence electrons. The summed E-state index contributed by atoms with van der Waals surface area (Å²) in [6.07, 6.45) is 0. The topological polar surface area (TPSA) is 46.2 Å². The highest BCUT2D eigenvalue weighted by molar-refractivity contribution is 7.92. The fraction of sp³-hybridized carbons (Fsp3) is 0.250. The summed E-state index contributed by atoms with van der Waals surface area (Å²) in [5, 5.41) is 0. The first-order valence-electron chi connectivity index (χ1n) is 3.85. The van der Waals surface area contributed by atoms with Crippen LogP contribution in [0.4, 0.5) is 10.1 Å². The molecule has 0 spiro atoms. The third-order valence-corrected chi connectivity index (χ3v) is 3.15. The molecule has 0 fully saturated rings. The van der Waals surface area contributed by atoms with Crippen molar-refractivity contribution in [3.8, 4) is 0 Å². The van der Waals surface area contributed by atoms with Crippen molar-refractivity contribution in [2.45, 2.75) is 0 Å². The van der Waals surface area contributed by atoms with E-state index in [2.05, 4.69) is 4.72 Å². The number of benzene rings is 1. The molecule has 1 N–H and O–H groups in total. The maximum Gasteiger partial charge on any atom is 0.233 e. The third kappa shape index (κ3) is 3.51. The molecular formula is C8H9ClFNO2S. The van der Waals surface area contributed by atoms with E-state index in [1.165, 1.54) is 18.2 Å². The fourth-order valence-electron chi connectivity index (χ4n) is 0.884. The molecule has 0 aliphatic rings. The highest BCUT2D eigenvalue weighted by Crippen LogP contribution is 2.11. The number of anilines is 1. The Balaban J connectivity index is 2.79. The van der Waals surface area contributed by atoms with Crippen LogP contribution in [0.2, 0.25) is 0 Å². The molecule has 3 nitrogen and oxygen atoms in total. The Morgan fingerprint density at radius 1 is 1.43 bits per heavy atom. The van der Waals surface area contributed by atoms with Crippen molar-refractivity contribution in [2.75, 3.05) is 16.4 Å². The van der Waals surface area contributed by atoms with Crippen LogP contribution in [0, 0.1) is 5.82 Å². The minimum atomic E-state index is -3.45. The van der Waals surface area contributed by atoms with E-state index in [0.717, 1.165) is 6.07 Å². The zero-order valence-corrected chi connectivity index (χ0v) is 8.78. The Bertz CT molecular complexity index is 408. The summed E-state index contributed by atoms with van der Waals surface area (Å²) in [6, 6.07) is 5.23. The SMILES string of the molecule is O=S(=O)(CCCl)Nc1cccc(F)c1. The monoisotopic (exact) mass is 237 g/mol. The van der Waals surface area contributed by atoms with Gasteiger partial charge in [-0.25, -0.2) is 12.8 Å². The number of halogens is 2. The lowest BCUT2D eigenvalue weighted by atomic mass is 10.3. The Hall–Kier alpha value is -0.810. The lowest BCUT2D eigenvalue weighted by Crippen LogP contribution is -2.17. The van der Waals surface area contributed by atoms with E-state index in [1.54, 1.807) is 0 Å². The molecule has 0 aliphatic carbocycles. The molecule has 14 heavy (non-hydrogen) atoms. The predicted molar refractivity (Wildman–Crippen MR) is 54.5 cm³/mol. The van der Waals surface area contributed by atoms with Crippen molar-refractivity contribution < 1.29 is 12.8 Å². The van der Waals surface area contributed by atoms with Crippen LogP contribution in [-0.2, 0) is 10.0 Å². The molecule has 0 amide bonds. The van der Waals surface area contributed by atoms with Gasteiger partial charge >= 0.3 is 0 Å². The summed E-state index contributed by atoms with van der Waals surface area (Å²) in [4.78, 5) is 0. The molecule has 0 atom stereocenters. The lowest BCUT2D eigenvalue weighted by molar-refractivity contribution is 0.602. The molecule has 0 unspecified atom stereocenters. The zero-order valence-electron chi connectivity index (χ0n) is 7.20. The summed E-state index contributed by atoms with van der Waals surface area (Å²) in [5.74, 6) is -0.675. The van der Waals surface area contributed by atoms with Crippen molar-refractivity contribution in [3.63, 3.8) is 0 Å². The van der Waals surface area contributed by atoms with E-state index in [4.69, 9.17) is 11.6 Å². The zero-order chi connectivity index (χ0) is 10.6. The van der Waals surface area contributed by atoms with Gasteiger partial charge in [-0.3, -0.25) is 4.72 Å². The van der Waals surface area contributed by atoms with Crippen LogP contribution >= 0.6 is 11.6 Å². The second-order valence-electron chi connectivity index (χ2n) is 2.62. The Morgan fingerprint density at radius 2 is 2.14 bits per heavy atom. The first-order valence-corrected chi connectivity index (χ1v) is 6.04. The summed E-state index contributed by atoms with van der Waals surface area (Å²) in [5.41, 5.74) is 0.204. The molecule has 0 aliphatic heterocycles. The standard InChI is InChI=1S/C8H9ClFNO2S/c9-4-5-14(12,13)11-8-3-1-2-7(10)6-8/h1-3,6,11H,4-5H2. The molecule has 1 aromatic rings. The smallest absolute Gasteiger partial charge is 0.233 e. The van der Waals surface area contributed by atoms with Crippen molar-refractivity contribution in [3.05, 3.63) is 30.1 Å². The van der Waals surface area contributed by atoms with Crippen LogP contribution in [-0.4, -0.2) is 20.1 Å². The van der Waals surface area contributed by atoms with E-state index >= 15 is 0 Å². The molecular weight excluding hydrogens is 229 g/mol. The number of hydrogen-bond acceptors (Lipinski definition) is 2. The van der Waals surface area contributed by atoms with E-state index < -0.39 is 15.8 Å². The van der Waals surface area contributed by atoms with Gasteiger partial charge in [0.1, 0.15) is 5.82 Å². The Kier molecular flexibility index (Phi) is 3.71. The first-order chi connectivity index (χ1) is 6.53. The van der Waals surface area contributed by atoms with Gasteiger partial charge in [-0.15, -0.1) is 11.6 Å². The van der Waals surface area contributed by atoms with Crippen molar-refractivity contribution in [1.29, 1.82) is 0 Å². The largest absolute Gasteiger partial charge is 0.283 e. The average molecular weight is 238 g/mol. The quantitative estimate of drug-likeness (QED) is 0.812.